The molecule has 2 atom stereocenters. The standard InChI is InChI=1S/C19H23F2N3O2S/c1-12(27-2)11-24-8-4-3-5-15(24)18-22-10-14(23-18)13-6-7-16-17(9-13)26-19(20,21)25-16/h6-7,9-10,12,15H,3-5,8,11H2,1-2H3,(H,22,23). The second kappa shape index (κ2) is 7.31. The number of nitrogens with one attached hydrogen (secondary N) is 1. The van der Waals surface area contributed by atoms with E-state index in [4.69, 9.17) is 4.98 Å². The summed E-state index contributed by atoms with van der Waals surface area (Å²) in [5, 5.41) is 0.565. The summed E-state index contributed by atoms with van der Waals surface area (Å²) < 4.78 is 35.4. The summed E-state index contributed by atoms with van der Waals surface area (Å²) in [6, 6.07) is 5.02. The maximum Gasteiger partial charge on any atom is 0.586 e. The molecule has 1 fully saturated rings. The number of halogens is 2. The molecule has 27 heavy (non-hydrogen) atoms. The number of hydrogen-bond acceptors (Lipinski definition) is 5. The van der Waals surface area contributed by atoms with Crippen molar-refractivity contribution in [2.75, 3.05) is 19.3 Å². The van der Waals surface area contributed by atoms with Gasteiger partial charge in [-0.2, -0.15) is 11.8 Å². The molecule has 146 valence electrons. The molecule has 4 rings (SSSR count). The van der Waals surface area contributed by atoms with Crippen LogP contribution in [0.1, 0.15) is 38.1 Å². The van der Waals surface area contributed by atoms with Crippen molar-refractivity contribution < 1.29 is 18.3 Å². The first-order valence-corrected chi connectivity index (χ1v) is 10.5. The average molecular weight is 395 g/mol. The van der Waals surface area contributed by atoms with Crippen molar-refractivity contribution in [1.29, 1.82) is 0 Å². The number of aromatic nitrogens is 2. The van der Waals surface area contributed by atoms with Crippen LogP contribution in [0.5, 0.6) is 11.5 Å². The monoisotopic (exact) mass is 395 g/mol. The summed E-state index contributed by atoms with van der Waals surface area (Å²) in [5.74, 6) is 1.01. The Morgan fingerprint density at radius 2 is 2.15 bits per heavy atom. The number of imidazole rings is 1. The number of nitrogens with zero attached hydrogens (tertiary/aromatic N) is 2. The molecule has 1 saturated heterocycles. The summed E-state index contributed by atoms with van der Waals surface area (Å²) in [6.45, 7) is 4.35. The molecule has 5 nitrogen and oxygen atoms in total. The van der Waals surface area contributed by atoms with Crippen LogP contribution in [0.25, 0.3) is 11.3 Å². The third-order valence-corrected chi connectivity index (χ3v) is 6.07. The number of aromatic amines is 1. The van der Waals surface area contributed by atoms with Gasteiger partial charge in [0.2, 0.25) is 0 Å². The highest BCUT2D eigenvalue weighted by Gasteiger charge is 2.43. The first-order chi connectivity index (χ1) is 12.9. The third-order valence-electron chi connectivity index (χ3n) is 5.12. The van der Waals surface area contributed by atoms with Crippen molar-refractivity contribution >= 4 is 11.8 Å². The minimum Gasteiger partial charge on any atom is -0.395 e. The summed E-state index contributed by atoms with van der Waals surface area (Å²) in [6.07, 6.45) is 3.83. The molecule has 1 N–H and O–H groups in total. The van der Waals surface area contributed by atoms with Crippen LogP contribution < -0.4 is 9.47 Å². The second-order valence-electron chi connectivity index (χ2n) is 7.05. The summed E-state index contributed by atoms with van der Waals surface area (Å²) in [7, 11) is 0. The predicted octanol–water partition coefficient (Wildman–Crippen LogP) is 4.68. The van der Waals surface area contributed by atoms with Crippen molar-refractivity contribution in [3.8, 4) is 22.8 Å². The van der Waals surface area contributed by atoms with Gasteiger partial charge in [-0.25, -0.2) is 4.98 Å². The highest BCUT2D eigenvalue weighted by atomic mass is 32.2. The number of benzene rings is 1. The van der Waals surface area contributed by atoms with E-state index in [0.29, 0.717) is 5.25 Å². The predicted molar refractivity (Wildman–Crippen MR) is 101 cm³/mol. The second-order valence-corrected chi connectivity index (χ2v) is 8.33. The van der Waals surface area contributed by atoms with E-state index in [0.717, 1.165) is 36.6 Å². The molecule has 3 heterocycles. The van der Waals surface area contributed by atoms with Crippen LogP contribution >= 0.6 is 11.8 Å². The minimum atomic E-state index is -3.60. The van der Waals surface area contributed by atoms with Gasteiger partial charge >= 0.3 is 6.29 Å². The third kappa shape index (κ3) is 3.91. The van der Waals surface area contributed by atoms with Crippen molar-refractivity contribution in [3.63, 3.8) is 0 Å². The van der Waals surface area contributed by atoms with Crippen LogP contribution in [-0.2, 0) is 0 Å². The molecule has 1 aromatic heterocycles. The molecule has 0 radical (unpaired) electrons. The normalized spacial score (nSPS) is 22.7. The smallest absolute Gasteiger partial charge is 0.395 e. The number of thioether (sulfide) groups is 1. The first-order valence-electron chi connectivity index (χ1n) is 9.17. The van der Waals surface area contributed by atoms with Crippen LogP contribution in [0.4, 0.5) is 8.78 Å². The Labute approximate surface area is 161 Å². The van der Waals surface area contributed by atoms with Gasteiger partial charge in [0.25, 0.3) is 0 Å². The van der Waals surface area contributed by atoms with Crippen LogP contribution in [-0.4, -0.2) is 45.8 Å². The fourth-order valence-corrected chi connectivity index (χ4v) is 4.03. The summed E-state index contributed by atoms with van der Waals surface area (Å²) in [4.78, 5) is 10.6. The number of hydrogen-bond donors (Lipinski definition) is 1. The number of H-pyrrole nitrogens is 1. The van der Waals surface area contributed by atoms with Crippen molar-refractivity contribution in [3.05, 3.63) is 30.2 Å². The maximum absolute atomic E-state index is 13.2. The van der Waals surface area contributed by atoms with E-state index in [1.165, 1.54) is 18.9 Å². The average Bonchev–Trinajstić information content (AvgIpc) is 3.24. The Bertz CT molecular complexity index is 814. The highest BCUT2D eigenvalue weighted by Crippen LogP contribution is 2.43. The van der Waals surface area contributed by atoms with Gasteiger partial charge < -0.3 is 14.5 Å². The van der Waals surface area contributed by atoms with Crippen LogP contribution in [0.3, 0.4) is 0 Å². The number of fused-ring (bicyclic) bond motifs is 1. The zero-order valence-electron chi connectivity index (χ0n) is 15.4. The van der Waals surface area contributed by atoms with Gasteiger partial charge in [0.05, 0.1) is 11.7 Å². The number of likely N-dealkylation sites (tertiary alicyclic amines) is 1. The SMILES string of the molecule is CSC(C)CN1CCCCC1c1nc(-c2ccc3c(c2)OC(F)(F)O3)c[nH]1. The largest absolute Gasteiger partial charge is 0.586 e. The molecular formula is C19H23F2N3O2S. The topological polar surface area (TPSA) is 50.4 Å². The van der Waals surface area contributed by atoms with E-state index in [2.05, 4.69) is 32.5 Å². The summed E-state index contributed by atoms with van der Waals surface area (Å²) >= 11 is 1.87. The van der Waals surface area contributed by atoms with Gasteiger partial charge in [0.15, 0.2) is 11.5 Å². The van der Waals surface area contributed by atoms with Gasteiger partial charge in [-0.1, -0.05) is 13.3 Å². The number of piperidine rings is 1. The molecule has 0 bridgehead atoms. The van der Waals surface area contributed by atoms with Crippen LogP contribution in [0.2, 0.25) is 0 Å². The zero-order chi connectivity index (χ0) is 19.0. The molecule has 2 aliphatic heterocycles. The molecule has 2 unspecified atom stereocenters. The van der Waals surface area contributed by atoms with Gasteiger partial charge in [-0.05, 0) is 43.8 Å². The molecule has 0 aliphatic carbocycles. The van der Waals surface area contributed by atoms with E-state index in [9.17, 15) is 8.78 Å². The number of alkyl halides is 2. The molecule has 1 aromatic carbocycles. The van der Waals surface area contributed by atoms with Gasteiger partial charge in [0.1, 0.15) is 5.82 Å². The van der Waals surface area contributed by atoms with Gasteiger partial charge in [-0.15, -0.1) is 8.78 Å². The van der Waals surface area contributed by atoms with Crippen molar-refractivity contribution in [2.45, 2.75) is 43.8 Å². The van der Waals surface area contributed by atoms with E-state index < -0.39 is 6.29 Å². The Morgan fingerprint density at radius 3 is 2.96 bits per heavy atom. The fourth-order valence-electron chi connectivity index (χ4n) is 3.69. The number of ether oxygens (including phenoxy) is 2. The van der Waals surface area contributed by atoms with Crippen molar-refractivity contribution in [2.24, 2.45) is 0 Å². The summed E-state index contributed by atoms with van der Waals surface area (Å²) in [5.41, 5.74) is 1.44. The van der Waals surface area contributed by atoms with Gasteiger partial charge in [0, 0.05) is 23.6 Å². The molecule has 0 amide bonds. The molecule has 2 aliphatic rings. The van der Waals surface area contributed by atoms with Gasteiger partial charge in [-0.3, -0.25) is 4.90 Å². The molecule has 2 aromatic rings. The Kier molecular flexibility index (Phi) is 5.03. The first kappa shape index (κ1) is 18.6. The lowest BCUT2D eigenvalue weighted by Gasteiger charge is -2.35. The Hall–Kier alpha value is -1.80. The Morgan fingerprint density at radius 1 is 1.33 bits per heavy atom. The quantitative estimate of drug-likeness (QED) is 0.797. The fraction of sp³-hybridized carbons (Fsp3) is 0.526. The van der Waals surface area contributed by atoms with Crippen LogP contribution in [0, 0.1) is 0 Å². The molecule has 0 saturated carbocycles. The van der Waals surface area contributed by atoms with E-state index in [1.54, 1.807) is 12.1 Å². The van der Waals surface area contributed by atoms with E-state index in [1.807, 2.05) is 18.0 Å². The minimum absolute atomic E-state index is 0.0372. The van der Waals surface area contributed by atoms with E-state index in [-0.39, 0.29) is 17.5 Å². The zero-order valence-corrected chi connectivity index (χ0v) is 16.2. The van der Waals surface area contributed by atoms with E-state index >= 15 is 0 Å². The lowest BCUT2D eigenvalue weighted by Crippen LogP contribution is -2.37. The lowest BCUT2D eigenvalue weighted by atomic mass is 10.0. The highest BCUT2D eigenvalue weighted by molar-refractivity contribution is 7.99. The molecule has 8 heteroatoms. The van der Waals surface area contributed by atoms with Crippen molar-refractivity contribution in [1.82, 2.24) is 14.9 Å². The molecule has 0 spiro atoms. The Balaban J connectivity index is 1.55. The number of rotatable bonds is 5. The maximum atomic E-state index is 13.2. The lowest BCUT2D eigenvalue weighted by molar-refractivity contribution is -0.286. The van der Waals surface area contributed by atoms with Crippen LogP contribution in [0.15, 0.2) is 24.4 Å². The molecular weight excluding hydrogens is 372 g/mol.